The normalized spacial score (nSPS) is 24.9. The first kappa shape index (κ1) is 10.9. The predicted molar refractivity (Wildman–Crippen MR) is 58.3 cm³/mol. The molecule has 15 heavy (non-hydrogen) atoms. The van der Waals surface area contributed by atoms with E-state index in [2.05, 4.69) is 0 Å². The number of hydrogen-bond acceptors (Lipinski definition) is 2. The van der Waals surface area contributed by atoms with E-state index >= 15 is 0 Å². The fourth-order valence-corrected chi connectivity index (χ4v) is 2.23. The van der Waals surface area contributed by atoms with Gasteiger partial charge in [-0.05, 0) is 24.7 Å². The molecule has 1 amide bonds. The van der Waals surface area contributed by atoms with Gasteiger partial charge in [0.05, 0.1) is 13.1 Å². The summed E-state index contributed by atoms with van der Waals surface area (Å²) in [6.45, 7) is 5.09. The van der Waals surface area contributed by atoms with Gasteiger partial charge in [0.25, 0.3) is 0 Å². The molecule has 0 bridgehead atoms. The molecule has 3 heteroatoms. The van der Waals surface area contributed by atoms with Gasteiger partial charge < -0.3 is 10.0 Å². The number of β-amino-alcohol motifs (C(OH)–C–C–N with tert-alkyl or cyclic N) is 1. The second-order valence-corrected chi connectivity index (χ2v) is 5.51. The van der Waals surface area contributed by atoms with E-state index in [0.29, 0.717) is 25.4 Å². The van der Waals surface area contributed by atoms with Gasteiger partial charge in [-0.15, -0.1) is 0 Å². The van der Waals surface area contributed by atoms with Crippen LogP contribution in [0, 0.1) is 11.8 Å². The van der Waals surface area contributed by atoms with Crippen molar-refractivity contribution in [1.82, 2.24) is 4.90 Å². The average Bonchev–Trinajstić information content (AvgIpc) is 2.05. The van der Waals surface area contributed by atoms with Gasteiger partial charge >= 0.3 is 0 Å². The minimum atomic E-state index is -0.616. The molecule has 2 rings (SSSR count). The molecule has 1 aliphatic carbocycles. The monoisotopic (exact) mass is 211 g/mol. The predicted octanol–water partition coefficient (Wildman–Crippen LogP) is 1.41. The SMILES string of the molecule is CC(C)C1(O)CN(C(=O)CC2CCC2)C1. The minimum Gasteiger partial charge on any atom is -0.386 e. The van der Waals surface area contributed by atoms with Crippen molar-refractivity contribution in [1.29, 1.82) is 0 Å². The number of amides is 1. The average molecular weight is 211 g/mol. The largest absolute Gasteiger partial charge is 0.386 e. The third-order valence-electron chi connectivity index (χ3n) is 4.04. The molecule has 86 valence electrons. The van der Waals surface area contributed by atoms with E-state index < -0.39 is 5.60 Å². The zero-order valence-electron chi connectivity index (χ0n) is 9.70. The third-order valence-corrected chi connectivity index (χ3v) is 4.04. The zero-order valence-corrected chi connectivity index (χ0v) is 9.70. The molecule has 0 aromatic heterocycles. The highest BCUT2D eigenvalue weighted by Crippen LogP contribution is 2.33. The lowest BCUT2D eigenvalue weighted by Gasteiger charge is -2.49. The lowest BCUT2D eigenvalue weighted by molar-refractivity contribution is -0.165. The molecule has 0 aromatic rings. The number of carbonyl (C=O) groups excluding carboxylic acids is 1. The minimum absolute atomic E-state index is 0.241. The Morgan fingerprint density at radius 1 is 1.47 bits per heavy atom. The Morgan fingerprint density at radius 2 is 2.07 bits per heavy atom. The van der Waals surface area contributed by atoms with Crippen LogP contribution in [-0.4, -0.2) is 34.6 Å². The van der Waals surface area contributed by atoms with Gasteiger partial charge in [0.1, 0.15) is 5.60 Å². The van der Waals surface area contributed by atoms with Crippen LogP contribution in [0.3, 0.4) is 0 Å². The molecule has 0 spiro atoms. The van der Waals surface area contributed by atoms with Crippen molar-refractivity contribution in [2.75, 3.05) is 13.1 Å². The first-order valence-electron chi connectivity index (χ1n) is 6.01. The van der Waals surface area contributed by atoms with E-state index in [4.69, 9.17) is 0 Å². The van der Waals surface area contributed by atoms with Crippen LogP contribution in [0.1, 0.15) is 39.5 Å². The molecule has 1 saturated carbocycles. The number of nitrogens with zero attached hydrogens (tertiary/aromatic N) is 1. The molecular weight excluding hydrogens is 190 g/mol. The summed E-state index contributed by atoms with van der Waals surface area (Å²) in [7, 11) is 0. The lowest BCUT2D eigenvalue weighted by Crippen LogP contribution is -2.66. The van der Waals surface area contributed by atoms with Crippen LogP contribution in [0.4, 0.5) is 0 Å². The second-order valence-electron chi connectivity index (χ2n) is 5.51. The van der Waals surface area contributed by atoms with Gasteiger partial charge in [0, 0.05) is 6.42 Å². The summed E-state index contributed by atoms with van der Waals surface area (Å²) in [6.07, 6.45) is 4.42. The highest BCUT2D eigenvalue weighted by Gasteiger charge is 2.45. The molecule has 3 nitrogen and oxygen atoms in total. The van der Waals surface area contributed by atoms with Crippen molar-refractivity contribution < 1.29 is 9.90 Å². The molecule has 0 radical (unpaired) electrons. The highest BCUT2D eigenvalue weighted by atomic mass is 16.3. The Bertz CT molecular complexity index is 252. The van der Waals surface area contributed by atoms with Gasteiger partial charge in [0.15, 0.2) is 0 Å². The lowest BCUT2D eigenvalue weighted by atomic mass is 9.80. The van der Waals surface area contributed by atoms with Crippen molar-refractivity contribution in [3.8, 4) is 0 Å². The van der Waals surface area contributed by atoms with Crippen LogP contribution < -0.4 is 0 Å². The Balaban J connectivity index is 1.75. The van der Waals surface area contributed by atoms with Crippen LogP contribution in [0.25, 0.3) is 0 Å². The zero-order chi connectivity index (χ0) is 11.1. The number of aliphatic hydroxyl groups is 1. The number of hydrogen-bond donors (Lipinski definition) is 1. The fourth-order valence-electron chi connectivity index (χ4n) is 2.23. The fraction of sp³-hybridized carbons (Fsp3) is 0.917. The maximum atomic E-state index is 11.8. The van der Waals surface area contributed by atoms with Crippen molar-refractivity contribution >= 4 is 5.91 Å². The summed E-state index contributed by atoms with van der Waals surface area (Å²) in [5.74, 6) is 1.11. The molecule has 0 unspecified atom stereocenters. The summed E-state index contributed by atoms with van der Waals surface area (Å²) in [5, 5.41) is 10.0. The van der Waals surface area contributed by atoms with Crippen LogP contribution in [0.5, 0.6) is 0 Å². The maximum Gasteiger partial charge on any atom is 0.223 e. The Hall–Kier alpha value is -0.570. The summed E-state index contributed by atoms with van der Waals surface area (Å²) >= 11 is 0. The quantitative estimate of drug-likeness (QED) is 0.766. The van der Waals surface area contributed by atoms with E-state index in [-0.39, 0.29) is 11.8 Å². The topological polar surface area (TPSA) is 40.5 Å². The second kappa shape index (κ2) is 3.78. The molecule has 1 N–H and O–H groups in total. The number of carbonyl (C=O) groups is 1. The standard InChI is InChI=1S/C12H21NO2/c1-9(2)12(15)7-13(8-12)11(14)6-10-4-3-5-10/h9-10,15H,3-8H2,1-2H3. The molecule has 1 heterocycles. The Labute approximate surface area is 91.5 Å². The van der Waals surface area contributed by atoms with Gasteiger partial charge in [0.2, 0.25) is 5.91 Å². The van der Waals surface area contributed by atoms with Crippen molar-refractivity contribution in [3.63, 3.8) is 0 Å². The summed E-state index contributed by atoms with van der Waals surface area (Å²) in [4.78, 5) is 13.6. The van der Waals surface area contributed by atoms with Crippen LogP contribution in [0.15, 0.2) is 0 Å². The van der Waals surface area contributed by atoms with Crippen molar-refractivity contribution in [2.45, 2.75) is 45.1 Å². The van der Waals surface area contributed by atoms with Gasteiger partial charge in [-0.1, -0.05) is 20.3 Å². The van der Waals surface area contributed by atoms with Gasteiger partial charge in [-0.2, -0.15) is 0 Å². The highest BCUT2D eigenvalue weighted by molar-refractivity contribution is 5.77. The first-order valence-corrected chi connectivity index (χ1v) is 6.01. The number of rotatable bonds is 3. The van der Waals surface area contributed by atoms with Crippen molar-refractivity contribution in [3.05, 3.63) is 0 Å². The van der Waals surface area contributed by atoms with E-state index in [1.807, 2.05) is 13.8 Å². The molecule has 0 aromatic carbocycles. The van der Waals surface area contributed by atoms with E-state index in [9.17, 15) is 9.90 Å². The summed E-state index contributed by atoms with van der Waals surface area (Å²) in [5.41, 5.74) is -0.616. The van der Waals surface area contributed by atoms with Crippen LogP contribution >= 0.6 is 0 Å². The number of likely N-dealkylation sites (tertiary alicyclic amines) is 1. The van der Waals surface area contributed by atoms with Crippen molar-refractivity contribution in [2.24, 2.45) is 11.8 Å². The van der Waals surface area contributed by atoms with Crippen LogP contribution in [-0.2, 0) is 4.79 Å². The molecule has 1 saturated heterocycles. The third kappa shape index (κ3) is 2.03. The molecule has 2 aliphatic rings. The summed E-state index contributed by atoms with van der Waals surface area (Å²) in [6, 6.07) is 0. The Morgan fingerprint density at radius 3 is 2.47 bits per heavy atom. The smallest absolute Gasteiger partial charge is 0.223 e. The Kier molecular flexibility index (Phi) is 2.75. The molecule has 1 aliphatic heterocycles. The van der Waals surface area contributed by atoms with Crippen LogP contribution in [0.2, 0.25) is 0 Å². The molecule has 0 atom stereocenters. The molecule has 2 fully saturated rings. The first-order chi connectivity index (χ1) is 7.01. The summed E-state index contributed by atoms with van der Waals surface area (Å²) < 4.78 is 0. The van der Waals surface area contributed by atoms with E-state index in [1.54, 1.807) is 4.90 Å². The maximum absolute atomic E-state index is 11.8. The van der Waals surface area contributed by atoms with Gasteiger partial charge in [-0.3, -0.25) is 4.79 Å². The molecular formula is C12H21NO2. The van der Waals surface area contributed by atoms with Gasteiger partial charge in [-0.25, -0.2) is 0 Å². The van der Waals surface area contributed by atoms with E-state index in [0.717, 1.165) is 0 Å². The van der Waals surface area contributed by atoms with E-state index in [1.165, 1.54) is 19.3 Å².